The minimum Gasteiger partial charge on any atom is -0.486 e. The lowest BCUT2D eigenvalue weighted by molar-refractivity contribution is 0.142. The Labute approximate surface area is 136 Å². The number of anilines is 1. The number of hydrogen-bond donors (Lipinski definition) is 1. The monoisotopic (exact) mass is 316 g/mol. The van der Waals surface area contributed by atoms with Crippen LogP contribution >= 0.6 is 0 Å². The molecule has 3 aliphatic rings. The maximum Gasteiger partial charge on any atom is 0.321 e. The lowest BCUT2D eigenvalue weighted by atomic mass is 10.0. The highest BCUT2D eigenvalue weighted by molar-refractivity contribution is 5.91. The highest BCUT2D eigenvalue weighted by Gasteiger charge is 2.38. The Balaban J connectivity index is 1.41. The molecule has 2 aliphatic heterocycles. The lowest BCUT2D eigenvalue weighted by Crippen LogP contribution is -2.33. The van der Waals surface area contributed by atoms with Crippen molar-refractivity contribution in [2.24, 2.45) is 11.8 Å². The average molecular weight is 316 g/mol. The lowest BCUT2D eigenvalue weighted by Gasteiger charge is -2.20. The number of nitrogens with one attached hydrogen (secondary N) is 1. The van der Waals surface area contributed by atoms with Gasteiger partial charge in [0.2, 0.25) is 0 Å². The van der Waals surface area contributed by atoms with Gasteiger partial charge in [0.25, 0.3) is 0 Å². The number of carbonyl (C=O) groups is 1. The molecule has 1 N–H and O–H groups in total. The molecule has 3 fully saturated rings. The number of hydrogen-bond acceptors (Lipinski definition) is 3. The SMILES string of the molecule is O=C(Nc1ccccc1O[C@H]1CCOC1)N1C[C@H]2CCC[C@H]2C1. The van der Waals surface area contributed by atoms with Gasteiger partial charge in [-0.25, -0.2) is 4.79 Å². The summed E-state index contributed by atoms with van der Waals surface area (Å²) in [5.41, 5.74) is 0.751. The van der Waals surface area contributed by atoms with E-state index in [9.17, 15) is 4.79 Å². The van der Waals surface area contributed by atoms with Crippen LogP contribution in [0.1, 0.15) is 25.7 Å². The third-order valence-electron chi connectivity index (χ3n) is 5.32. The zero-order chi connectivity index (χ0) is 15.6. The highest BCUT2D eigenvalue weighted by atomic mass is 16.5. The molecule has 4 rings (SSSR count). The second-order valence-corrected chi connectivity index (χ2v) is 6.89. The zero-order valence-corrected chi connectivity index (χ0v) is 13.4. The summed E-state index contributed by atoms with van der Waals surface area (Å²) in [6.07, 6.45) is 4.85. The van der Waals surface area contributed by atoms with E-state index in [0.717, 1.165) is 37.6 Å². The molecule has 3 atom stereocenters. The van der Waals surface area contributed by atoms with E-state index < -0.39 is 0 Å². The Morgan fingerprint density at radius 1 is 1.17 bits per heavy atom. The van der Waals surface area contributed by atoms with Crippen LogP contribution in [0.25, 0.3) is 0 Å². The van der Waals surface area contributed by atoms with E-state index in [-0.39, 0.29) is 12.1 Å². The zero-order valence-electron chi connectivity index (χ0n) is 13.4. The van der Waals surface area contributed by atoms with Crippen molar-refractivity contribution in [1.82, 2.24) is 4.90 Å². The molecule has 5 nitrogen and oxygen atoms in total. The molecular weight excluding hydrogens is 292 g/mol. The smallest absolute Gasteiger partial charge is 0.321 e. The Kier molecular flexibility index (Phi) is 4.12. The summed E-state index contributed by atoms with van der Waals surface area (Å²) >= 11 is 0. The third-order valence-corrected chi connectivity index (χ3v) is 5.32. The van der Waals surface area contributed by atoms with Crippen LogP contribution in [0.4, 0.5) is 10.5 Å². The van der Waals surface area contributed by atoms with Gasteiger partial charge in [-0.3, -0.25) is 0 Å². The van der Waals surface area contributed by atoms with Gasteiger partial charge in [-0.1, -0.05) is 18.6 Å². The van der Waals surface area contributed by atoms with Gasteiger partial charge in [-0.15, -0.1) is 0 Å². The summed E-state index contributed by atoms with van der Waals surface area (Å²) in [5, 5.41) is 3.04. The molecular formula is C18H24N2O3. The van der Waals surface area contributed by atoms with Gasteiger partial charge in [0.05, 0.1) is 18.9 Å². The van der Waals surface area contributed by atoms with Crippen LogP contribution in [0.3, 0.4) is 0 Å². The van der Waals surface area contributed by atoms with Crippen LogP contribution in [0.2, 0.25) is 0 Å². The molecule has 0 spiro atoms. The topological polar surface area (TPSA) is 50.8 Å². The molecule has 23 heavy (non-hydrogen) atoms. The van der Waals surface area contributed by atoms with E-state index in [1.165, 1.54) is 19.3 Å². The summed E-state index contributed by atoms with van der Waals surface area (Å²) in [5.74, 6) is 2.15. The van der Waals surface area contributed by atoms with Gasteiger partial charge in [0, 0.05) is 19.5 Å². The number of amides is 2. The van der Waals surface area contributed by atoms with E-state index in [1.807, 2.05) is 29.2 Å². The number of likely N-dealkylation sites (tertiary alicyclic amines) is 1. The number of fused-ring (bicyclic) bond motifs is 1. The van der Waals surface area contributed by atoms with Crippen LogP contribution in [0.5, 0.6) is 5.75 Å². The largest absolute Gasteiger partial charge is 0.486 e. The number of nitrogens with zero attached hydrogens (tertiary/aromatic N) is 1. The molecule has 2 heterocycles. The summed E-state index contributed by atoms with van der Waals surface area (Å²) in [4.78, 5) is 14.5. The first-order valence-electron chi connectivity index (χ1n) is 8.69. The molecule has 124 valence electrons. The quantitative estimate of drug-likeness (QED) is 0.932. The molecule has 2 saturated heterocycles. The van der Waals surface area contributed by atoms with Crippen molar-refractivity contribution in [3.8, 4) is 5.75 Å². The number of benzene rings is 1. The fourth-order valence-electron chi connectivity index (χ4n) is 4.05. The molecule has 0 aromatic heterocycles. The molecule has 1 aromatic rings. The Morgan fingerprint density at radius 3 is 2.70 bits per heavy atom. The fourth-order valence-corrected chi connectivity index (χ4v) is 4.05. The second kappa shape index (κ2) is 6.40. The molecule has 1 saturated carbocycles. The van der Waals surface area contributed by atoms with Gasteiger partial charge in [-0.2, -0.15) is 0 Å². The van der Waals surface area contributed by atoms with E-state index in [0.29, 0.717) is 18.4 Å². The van der Waals surface area contributed by atoms with Crippen LogP contribution in [-0.4, -0.2) is 43.3 Å². The first-order chi connectivity index (χ1) is 11.3. The van der Waals surface area contributed by atoms with Gasteiger partial charge < -0.3 is 19.7 Å². The summed E-state index contributed by atoms with van der Waals surface area (Å²) < 4.78 is 11.3. The van der Waals surface area contributed by atoms with Gasteiger partial charge in [0.1, 0.15) is 11.9 Å². The highest BCUT2D eigenvalue weighted by Crippen LogP contribution is 2.38. The maximum atomic E-state index is 12.6. The number of ether oxygens (including phenoxy) is 2. The molecule has 2 amide bonds. The van der Waals surface area contributed by atoms with Gasteiger partial charge in [0.15, 0.2) is 0 Å². The summed E-state index contributed by atoms with van der Waals surface area (Å²) in [6, 6.07) is 7.66. The maximum absolute atomic E-state index is 12.6. The molecule has 0 unspecified atom stereocenters. The van der Waals surface area contributed by atoms with Crippen molar-refractivity contribution in [3.63, 3.8) is 0 Å². The molecule has 1 aromatic carbocycles. The second-order valence-electron chi connectivity index (χ2n) is 6.89. The summed E-state index contributed by atoms with van der Waals surface area (Å²) in [7, 11) is 0. The Bertz CT molecular complexity index is 559. The summed E-state index contributed by atoms with van der Waals surface area (Å²) in [6.45, 7) is 3.17. The van der Waals surface area contributed by atoms with E-state index in [4.69, 9.17) is 9.47 Å². The van der Waals surface area contributed by atoms with E-state index in [2.05, 4.69) is 5.32 Å². The van der Waals surface area contributed by atoms with E-state index >= 15 is 0 Å². The van der Waals surface area contributed by atoms with Crippen LogP contribution in [0.15, 0.2) is 24.3 Å². The van der Waals surface area contributed by atoms with Crippen LogP contribution in [0, 0.1) is 11.8 Å². The van der Waals surface area contributed by atoms with Gasteiger partial charge in [-0.05, 0) is 36.8 Å². The number of carbonyl (C=O) groups excluding carboxylic acids is 1. The van der Waals surface area contributed by atoms with Crippen molar-refractivity contribution >= 4 is 11.7 Å². The first-order valence-corrected chi connectivity index (χ1v) is 8.69. The molecule has 5 heteroatoms. The van der Waals surface area contributed by atoms with E-state index in [1.54, 1.807) is 0 Å². The van der Waals surface area contributed by atoms with Crippen LogP contribution in [-0.2, 0) is 4.74 Å². The van der Waals surface area contributed by atoms with Crippen molar-refractivity contribution in [3.05, 3.63) is 24.3 Å². The number of urea groups is 1. The normalized spacial score (nSPS) is 29.6. The minimum atomic E-state index is -0.00174. The van der Waals surface area contributed by atoms with Crippen molar-refractivity contribution in [2.75, 3.05) is 31.6 Å². The fraction of sp³-hybridized carbons (Fsp3) is 0.611. The number of rotatable bonds is 3. The van der Waals surface area contributed by atoms with Crippen molar-refractivity contribution in [2.45, 2.75) is 31.8 Å². The molecule has 1 aliphatic carbocycles. The minimum absolute atomic E-state index is 0.00174. The average Bonchev–Trinajstić information content (AvgIpc) is 3.25. The number of para-hydroxylation sites is 2. The molecule has 0 radical (unpaired) electrons. The predicted molar refractivity (Wildman–Crippen MR) is 87.7 cm³/mol. The molecule has 0 bridgehead atoms. The van der Waals surface area contributed by atoms with Gasteiger partial charge >= 0.3 is 6.03 Å². The predicted octanol–water partition coefficient (Wildman–Crippen LogP) is 3.12. The van der Waals surface area contributed by atoms with Crippen molar-refractivity contribution in [1.29, 1.82) is 0 Å². The first kappa shape index (κ1) is 14.8. The van der Waals surface area contributed by atoms with Crippen molar-refractivity contribution < 1.29 is 14.3 Å². The standard InChI is InChI=1S/C18H24N2O3/c21-18(20-10-13-4-3-5-14(13)11-20)19-16-6-1-2-7-17(16)23-15-8-9-22-12-15/h1-2,6-7,13-15H,3-5,8-12H2,(H,19,21)/t13-,14+,15-/m0/s1. The Morgan fingerprint density at radius 2 is 1.96 bits per heavy atom. The third kappa shape index (κ3) is 3.15. The Hall–Kier alpha value is -1.75. The van der Waals surface area contributed by atoms with Crippen LogP contribution < -0.4 is 10.1 Å².